The van der Waals surface area contributed by atoms with E-state index in [-0.39, 0.29) is 0 Å². The molecule has 72 valence electrons. The molecule has 0 bridgehead atoms. The molecular weight excluding hydrogens is 148 g/mol. The molecule has 0 N–H and O–H groups in total. The van der Waals surface area contributed by atoms with Gasteiger partial charge in [-0.25, -0.2) is 0 Å². The zero-order chi connectivity index (χ0) is 9.56. The molecule has 0 heterocycles. The highest BCUT2D eigenvalue weighted by Crippen LogP contribution is 2.13. The molecule has 0 aromatic rings. The van der Waals surface area contributed by atoms with Gasteiger partial charge in [0.05, 0.1) is 6.61 Å². The first-order chi connectivity index (χ1) is 5.57. The Morgan fingerprint density at radius 1 is 1.33 bits per heavy atom. The summed E-state index contributed by atoms with van der Waals surface area (Å²) in [6.45, 7) is 12.5. The van der Waals surface area contributed by atoms with Crippen LogP contribution in [0.3, 0.4) is 0 Å². The van der Waals surface area contributed by atoms with Crippen LogP contribution < -0.4 is 0 Å². The van der Waals surface area contributed by atoms with E-state index in [9.17, 15) is 0 Å². The lowest BCUT2D eigenvalue weighted by molar-refractivity contribution is 0.170. The van der Waals surface area contributed by atoms with Crippen LogP contribution in [0.5, 0.6) is 0 Å². The van der Waals surface area contributed by atoms with Crippen molar-refractivity contribution in [1.82, 2.24) is 0 Å². The van der Waals surface area contributed by atoms with Gasteiger partial charge in [-0.05, 0) is 25.7 Å². The molecule has 0 radical (unpaired) electrons. The van der Waals surface area contributed by atoms with Gasteiger partial charge in [-0.3, -0.25) is 0 Å². The average Bonchev–Trinajstić information content (AvgIpc) is 2.00. The first kappa shape index (κ1) is 11.7. The van der Waals surface area contributed by atoms with Gasteiger partial charge >= 0.3 is 0 Å². The summed E-state index contributed by atoms with van der Waals surface area (Å²) in [6.07, 6.45) is 2.31. The molecule has 0 rings (SSSR count). The molecule has 0 aliphatic carbocycles. The third-order valence-corrected chi connectivity index (χ3v) is 2.13. The molecule has 1 unspecified atom stereocenters. The van der Waals surface area contributed by atoms with Gasteiger partial charge in [-0.2, -0.15) is 0 Å². The van der Waals surface area contributed by atoms with Crippen molar-refractivity contribution in [2.45, 2.75) is 34.6 Å². The maximum Gasteiger partial charge on any atom is 0.0674 e. The van der Waals surface area contributed by atoms with Crippen molar-refractivity contribution < 1.29 is 4.74 Å². The van der Waals surface area contributed by atoms with Crippen LogP contribution in [0.15, 0.2) is 11.6 Å². The molecule has 0 saturated heterocycles. The summed E-state index contributed by atoms with van der Waals surface area (Å²) >= 11 is 0. The van der Waals surface area contributed by atoms with E-state index in [4.69, 9.17) is 4.74 Å². The molecule has 1 heteroatoms. The van der Waals surface area contributed by atoms with Crippen molar-refractivity contribution in [1.29, 1.82) is 0 Å². The molecular formula is C11H22O. The SMILES string of the molecule is CCOC/C(C)=C/C(C)C(C)C. The number of allylic oxidation sites excluding steroid dienone is 1. The van der Waals surface area contributed by atoms with Gasteiger partial charge in [-0.15, -0.1) is 0 Å². The fourth-order valence-electron chi connectivity index (χ4n) is 0.952. The second kappa shape index (κ2) is 6.24. The van der Waals surface area contributed by atoms with E-state index in [0.29, 0.717) is 5.92 Å². The summed E-state index contributed by atoms with van der Waals surface area (Å²) in [5.41, 5.74) is 1.35. The second-order valence-corrected chi connectivity index (χ2v) is 3.75. The fraction of sp³-hybridized carbons (Fsp3) is 0.818. The Labute approximate surface area is 76.8 Å². The van der Waals surface area contributed by atoms with Gasteiger partial charge in [0.2, 0.25) is 0 Å². The number of hydrogen-bond donors (Lipinski definition) is 0. The molecule has 12 heavy (non-hydrogen) atoms. The van der Waals surface area contributed by atoms with Crippen LogP contribution >= 0.6 is 0 Å². The lowest BCUT2D eigenvalue weighted by atomic mass is 9.96. The Morgan fingerprint density at radius 3 is 2.33 bits per heavy atom. The minimum Gasteiger partial charge on any atom is -0.377 e. The van der Waals surface area contributed by atoms with E-state index in [2.05, 4.69) is 33.8 Å². The predicted molar refractivity (Wildman–Crippen MR) is 54.3 cm³/mol. The third kappa shape index (κ3) is 5.36. The van der Waals surface area contributed by atoms with Gasteiger partial charge in [0, 0.05) is 6.61 Å². The van der Waals surface area contributed by atoms with Gasteiger partial charge in [-0.1, -0.05) is 32.4 Å². The van der Waals surface area contributed by atoms with Crippen LogP contribution in [-0.4, -0.2) is 13.2 Å². The monoisotopic (exact) mass is 170 g/mol. The Kier molecular flexibility index (Phi) is 6.09. The van der Waals surface area contributed by atoms with Crippen LogP contribution in [0.1, 0.15) is 34.6 Å². The zero-order valence-electron chi connectivity index (χ0n) is 9.05. The Hall–Kier alpha value is -0.300. The van der Waals surface area contributed by atoms with Gasteiger partial charge < -0.3 is 4.74 Å². The lowest BCUT2D eigenvalue weighted by Crippen LogP contribution is -2.03. The standard InChI is InChI=1S/C11H22O/c1-6-12-8-10(4)7-11(5)9(2)3/h7,9,11H,6,8H2,1-5H3/b10-7+. The summed E-state index contributed by atoms with van der Waals surface area (Å²) in [5, 5.41) is 0. The van der Waals surface area contributed by atoms with Gasteiger partial charge in [0.1, 0.15) is 0 Å². The van der Waals surface area contributed by atoms with Crippen LogP contribution in [0, 0.1) is 11.8 Å². The summed E-state index contributed by atoms with van der Waals surface area (Å²) in [7, 11) is 0. The van der Waals surface area contributed by atoms with E-state index in [1.807, 2.05) is 6.92 Å². The molecule has 0 aliphatic heterocycles. The van der Waals surface area contributed by atoms with Crippen molar-refractivity contribution >= 4 is 0 Å². The summed E-state index contributed by atoms with van der Waals surface area (Å²) in [5.74, 6) is 1.38. The van der Waals surface area contributed by atoms with Crippen molar-refractivity contribution in [3.8, 4) is 0 Å². The van der Waals surface area contributed by atoms with Crippen LogP contribution in [0.4, 0.5) is 0 Å². The molecule has 1 nitrogen and oxygen atoms in total. The molecule has 0 amide bonds. The van der Waals surface area contributed by atoms with Gasteiger partial charge in [0.15, 0.2) is 0 Å². The number of ether oxygens (including phenoxy) is 1. The van der Waals surface area contributed by atoms with Crippen molar-refractivity contribution in [2.75, 3.05) is 13.2 Å². The van der Waals surface area contributed by atoms with Crippen molar-refractivity contribution in [2.24, 2.45) is 11.8 Å². The molecule has 0 aromatic carbocycles. The van der Waals surface area contributed by atoms with Gasteiger partial charge in [0.25, 0.3) is 0 Å². The maximum atomic E-state index is 5.31. The minimum atomic E-state index is 0.658. The summed E-state index contributed by atoms with van der Waals surface area (Å²) in [4.78, 5) is 0. The average molecular weight is 170 g/mol. The molecule has 0 saturated carbocycles. The minimum absolute atomic E-state index is 0.658. The molecule has 0 spiro atoms. The maximum absolute atomic E-state index is 5.31. The zero-order valence-corrected chi connectivity index (χ0v) is 9.05. The Morgan fingerprint density at radius 2 is 1.92 bits per heavy atom. The topological polar surface area (TPSA) is 9.23 Å². The highest BCUT2D eigenvalue weighted by molar-refractivity contribution is 5.01. The first-order valence-electron chi connectivity index (χ1n) is 4.83. The quantitative estimate of drug-likeness (QED) is 0.575. The van der Waals surface area contributed by atoms with E-state index < -0.39 is 0 Å². The third-order valence-electron chi connectivity index (χ3n) is 2.13. The smallest absolute Gasteiger partial charge is 0.0674 e. The normalized spacial score (nSPS) is 15.3. The highest BCUT2D eigenvalue weighted by Gasteiger charge is 2.03. The van der Waals surface area contributed by atoms with Crippen LogP contribution in [0.2, 0.25) is 0 Å². The highest BCUT2D eigenvalue weighted by atomic mass is 16.5. The fourth-order valence-corrected chi connectivity index (χ4v) is 0.952. The van der Waals surface area contributed by atoms with Crippen molar-refractivity contribution in [3.63, 3.8) is 0 Å². The predicted octanol–water partition coefficient (Wildman–Crippen LogP) is 3.26. The van der Waals surface area contributed by atoms with Crippen LogP contribution in [-0.2, 0) is 4.74 Å². The molecule has 0 aromatic heterocycles. The van der Waals surface area contributed by atoms with Crippen molar-refractivity contribution in [3.05, 3.63) is 11.6 Å². The lowest BCUT2D eigenvalue weighted by Gasteiger charge is -2.12. The van der Waals surface area contributed by atoms with E-state index in [0.717, 1.165) is 19.1 Å². The Balaban J connectivity index is 3.80. The second-order valence-electron chi connectivity index (χ2n) is 3.75. The van der Waals surface area contributed by atoms with E-state index in [1.54, 1.807) is 0 Å². The first-order valence-corrected chi connectivity index (χ1v) is 4.83. The summed E-state index contributed by atoms with van der Waals surface area (Å²) < 4.78 is 5.31. The molecule has 0 aliphatic rings. The van der Waals surface area contributed by atoms with E-state index >= 15 is 0 Å². The Bertz CT molecular complexity index is 136. The summed E-state index contributed by atoms with van der Waals surface area (Å²) in [6, 6.07) is 0. The largest absolute Gasteiger partial charge is 0.377 e. The van der Waals surface area contributed by atoms with Crippen LogP contribution in [0.25, 0.3) is 0 Å². The number of hydrogen-bond acceptors (Lipinski definition) is 1. The number of rotatable bonds is 5. The molecule has 0 fully saturated rings. The molecule has 1 atom stereocenters. The van der Waals surface area contributed by atoms with E-state index in [1.165, 1.54) is 5.57 Å².